The maximum Gasteiger partial charge on any atom is 0.322 e. The van der Waals surface area contributed by atoms with Gasteiger partial charge in [0.25, 0.3) is 0 Å². The number of piperazine rings is 1. The number of benzene rings is 1. The van der Waals surface area contributed by atoms with Crippen molar-refractivity contribution in [2.75, 3.05) is 26.7 Å². The minimum absolute atomic E-state index is 0.0797. The normalized spacial score (nSPS) is 20.6. The van der Waals surface area contributed by atoms with Gasteiger partial charge in [-0.1, -0.05) is 0 Å². The summed E-state index contributed by atoms with van der Waals surface area (Å²) in [5.74, 6) is -0.493. The van der Waals surface area contributed by atoms with Gasteiger partial charge < -0.3 is 15.2 Å². The van der Waals surface area contributed by atoms with Gasteiger partial charge in [-0.25, -0.2) is 8.42 Å². The number of hydrogen-bond donors (Lipinski definition) is 2. The second kappa shape index (κ2) is 5.78. The van der Waals surface area contributed by atoms with Crippen molar-refractivity contribution in [2.24, 2.45) is 0 Å². The Kier molecular flexibility index (Phi) is 4.26. The molecule has 0 radical (unpaired) electrons. The summed E-state index contributed by atoms with van der Waals surface area (Å²) in [5, 5.41) is 11.7. The van der Waals surface area contributed by atoms with Crippen molar-refractivity contribution in [3.05, 3.63) is 24.3 Å². The summed E-state index contributed by atoms with van der Waals surface area (Å²) in [6, 6.07) is 5.14. The lowest BCUT2D eigenvalue weighted by Gasteiger charge is -2.30. The van der Waals surface area contributed by atoms with Crippen LogP contribution in [0.15, 0.2) is 29.2 Å². The van der Waals surface area contributed by atoms with Crippen LogP contribution in [0.3, 0.4) is 0 Å². The minimum atomic E-state index is -3.68. The van der Waals surface area contributed by atoms with E-state index in [4.69, 9.17) is 9.84 Å². The lowest BCUT2D eigenvalue weighted by molar-refractivity contribution is -0.140. The number of nitrogens with one attached hydrogen (secondary N) is 1. The molecule has 2 N–H and O–H groups in total. The van der Waals surface area contributed by atoms with Crippen molar-refractivity contribution in [2.45, 2.75) is 10.9 Å². The van der Waals surface area contributed by atoms with E-state index in [1.54, 1.807) is 12.1 Å². The van der Waals surface area contributed by atoms with Crippen LogP contribution in [0, 0.1) is 0 Å². The Labute approximate surface area is 117 Å². The van der Waals surface area contributed by atoms with E-state index in [0.717, 1.165) is 0 Å². The molecule has 1 aromatic rings. The third-order valence-electron chi connectivity index (χ3n) is 3.13. The first kappa shape index (κ1) is 14.8. The molecule has 0 aliphatic carbocycles. The Morgan fingerprint density at radius 3 is 2.60 bits per heavy atom. The van der Waals surface area contributed by atoms with E-state index in [0.29, 0.717) is 12.3 Å². The number of nitrogens with zero attached hydrogens (tertiary/aromatic N) is 1. The molecule has 2 rings (SSSR count). The van der Waals surface area contributed by atoms with Crippen LogP contribution < -0.4 is 10.1 Å². The largest absolute Gasteiger partial charge is 0.497 e. The highest BCUT2D eigenvalue weighted by Gasteiger charge is 2.32. The van der Waals surface area contributed by atoms with E-state index in [-0.39, 0.29) is 18.0 Å². The fourth-order valence-electron chi connectivity index (χ4n) is 2.00. The van der Waals surface area contributed by atoms with Gasteiger partial charge in [0.15, 0.2) is 0 Å². The molecule has 0 saturated carbocycles. The number of ether oxygens (including phenoxy) is 1. The van der Waals surface area contributed by atoms with Gasteiger partial charge in [-0.05, 0) is 24.3 Å². The smallest absolute Gasteiger partial charge is 0.322 e. The van der Waals surface area contributed by atoms with Crippen molar-refractivity contribution in [1.82, 2.24) is 9.62 Å². The van der Waals surface area contributed by atoms with Gasteiger partial charge in [-0.2, -0.15) is 4.31 Å². The first-order valence-electron chi connectivity index (χ1n) is 6.05. The van der Waals surface area contributed by atoms with E-state index in [9.17, 15) is 13.2 Å². The third kappa shape index (κ3) is 2.92. The topological polar surface area (TPSA) is 95.9 Å². The molecule has 0 bridgehead atoms. The van der Waals surface area contributed by atoms with E-state index < -0.39 is 22.0 Å². The summed E-state index contributed by atoms with van der Waals surface area (Å²) in [6.07, 6.45) is 0. The van der Waals surface area contributed by atoms with E-state index in [1.165, 1.54) is 23.5 Å². The SMILES string of the molecule is COc1ccc(S(=O)(=O)N2CCNC(C(=O)O)C2)cc1. The Morgan fingerprint density at radius 1 is 1.40 bits per heavy atom. The molecule has 0 aromatic heterocycles. The molecule has 1 unspecified atom stereocenters. The molecule has 1 atom stereocenters. The maximum atomic E-state index is 12.4. The Bertz CT molecular complexity index is 584. The molecule has 0 spiro atoms. The number of carboxylic acids is 1. The number of hydrogen-bond acceptors (Lipinski definition) is 5. The average Bonchev–Trinajstić information content (AvgIpc) is 2.47. The molecule has 1 aliphatic heterocycles. The lowest BCUT2D eigenvalue weighted by Crippen LogP contribution is -2.55. The van der Waals surface area contributed by atoms with Crippen LogP contribution in [0.25, 0.3) is 0 Å². The molecule has 1 heterocycles. The van der Waals surface area contributed by atoms with Gasteiger partial charge in [0.1, 0.15) is 11.8 Å². The zero-order valence-electron chi connectivity index (χ0n) is 10.9. The van der Waals surface area contributed by atoms with E-state index >= 15 is 0 Å². The lowest BCUT2D eigenvalue weighted by atomic mass is 10.2. The van der Waals surface area contributed by atoms with Crippen molar-refractivity contribution < 1.29 is 23.1 Å². The number of rotatable bonds is 4. The van der Waals surface area contributed by atoms with Crippen LogP contribution in [0.5, 0.6) is 5.75 Å². The second-order valence-corrected chi connectivity index (χ2v) is 6.32. The monoisotopic (exact) mass is 300 g/mol. The summed E-state index contributed by atoms with van der Waals surface area (Å²) in [5.41, 5.74) is 0. The van der Waals surface area contributed by atoms with E-state index in [1.807, 2.05) is 0 Å². The van der Waals surface area contributed by atoms with Gasteiger partial charge in [0, 0.05) is 19.6 Å². The first-order valence-corrected chi connectivity index (χ1v) is 7.49. The van der Waals surface area contributed by atoms with Crippen molar-refractivity contribution in [3.8, 4) is 5.75 Å². The predicted octanol–water partition coefficient (Wildman–Crippen LogP) is -0.258. The van der Waals surface area contributed by atoms with Gasteiger partial charge in [-0.15, -0.1) is 0 Å². The molecule has 7 nitrogen and oxygen atoms in total. The third-order valence-corrected chi connectivity index (χ3v) is 5.01. The van der Waals surface area contributed by atoms with Gasteiger partial charge in [0.05, 0.1) is 12.0 Å². The number of methoxy groups -OCH3 is 1. The van der Waals surface area contributed by atoms with Gasteiger partial charge in [0.2, 0.25) is 10.0 Å². The summed E-state index contributed by atoms with van der Waals surface area (Å²) in [6.45, 7) is 0.480. The molecular weight excluding hydrogens is 284 g/mol. The van der Waals surface area contributed by atoms with Crippen LogP contribution in [0.4, 0.5) is 0 Å². The summed E-state index contributed by atoms with van der Waals surface area (Å²) in [7, 11) is -2.18. The van der Waals surface area contributed by atoms with Gasteiger partial charge >= 0.3 is 5.97 Å². The fraction of sp³-hybridized carbons (Fsp3) is 0.417. The molecule has 0 amide bonds. The molecule has 1 aromatic carbocycles. The number of carbonyl (C=O) groups is 1. The predicted molar refractivity (Wildman–Crippen MR) is 71.2 cm³/mol. The molecular formula is C12H16N2O5S. The van der Waals surface area contributed by atoms with Gasteiger partial charge in [-0.3, -0.25) is 4.79 Å². The average molecular weight is 300 g/mol. The molecule has 8 heteroatoms. The number of carboxylic acid groups (broad SMARTS) is 1. The van der Waals surface area contributed by atoms with Crippen molar-refractivity contribution in [1.29, 1.82) is 0 Å². The maximum absolute atomic E-state index is 12.4. The molecule has 20 heavy (non-hydrogen) atoms. The summed E-state index contributed by atoms with van der Waals surface area (Å²) < 4.78 is 31.0. The highest BCUT2D eigenvalue weighted by Crippen LogP contribution is 2.20. The van der Waals surface area contributed by atoms with Crippen LogP contribution in [0.1, 0.15) is 0 Å². The highest BCUT2D eigenvalue weighted by molar-refractivity contribution is 7.89. The van der Waals surface area contributed by atoms with Crippen molar-refractivity contribution in [3.63, 3.8) is 0 Å². The van der Waals surface area contributed by atoms with Crippen molar-refractivity contribution >= 4 is 16.0 Å². The van der Waals surface area contributed by atoms with Crippen LogP contribution in [-0.2, 0) is 14.8 Å². The summed E-state index contributed by atoms with van der Waals surface area (Å²) >= 11 is 0. The molecule has 1 aliphatic rings. The Hall–Kier alpha value is -1.64. The Morgan fingerprint density at radius 2 is 2.05 bits per heavy atom. The fourth-order valence-corrected chi connectivity index (χ4v) is 3.46. The van der Waals surface area contributed by atoms with E-state index in [2.05, 4.69) is 5.32 Å². The summed E-state index contributed by atoms with van der Waals surface area (Å²) in [4.78, 5) is 11.1. The second-order valence-electron chi connectivity index (χ2n) is 4.38. The quantitative estimate of drug-likeness (QED) is 0.795. The zero-order valence-corrected chi connectivity index (χ0v) is 11.8. The van der Waals surface area contributed by atoms with Crippen LogP contribution in [0.2, 0.25) is 0 Å². The first-order chi connectivity index (χ1) is 9.45. The number of aliphatic carboxylic acids is 1. The number of sulfonamides is 1. The minimum Gasteiger partial charge on any atom is -0.497 e. The van der Waals surface area contributed by atoms with Crippen LogP contribution >= 0.6 is 0 Å². The Balaban J connectivity index is 2.22. The standard InChI is InChI=1S/C12H16N2O5S/c1-19-9-2-4-10(5-3-9)20(17,18)14-7-6-13-11(8-14)12(15)16/h2-5,11,13H,6-8H2,1H3,(H,15,16). The molecule has 1 fully saturated rings. The van der Waals surface area contributed by atoms with Crippen LogP contribution in [-0.4, -0.2) is 56.6 Å². The zero-order chi connectivity index (χ0) is 14.8. The molecule has 110 valence electrons. The molecule has 1 saturated heterocycles. The highest BCUT2D eigenvalue weighted by atomic mass is 32.2.